The largest absolute Gasteiger partial charge is 0.369 e. The lowest BCUT2D eigenvalue weighted by atomic mass is 10.2. The fourth-order valence-electron chi connectivity index (χ4n) is 1.94. The molecule has 0 bridgehead atoms. The van der Waals surface area contributed by atoms with Crippen molar-refractivity contribution in [2.45, 2.75) is 17.3 Å². The SMILES string of the molecule is CC(Sc1nc2sc(-c3ccccc3)cc2c(=O)[nH]1)C(N)=O. The minimum Gasteiger partial charge on any atom is -0.369 e. The van der Waals surface area contributed by atoms with E-state index in [0.29, 0.717) is 15.4 Å². The number of amides is 1. The van der Waals surface area contributed by atoms with Gasteiger partial charge >= 0.3 is 0 Å². The number of aromatic amines is 1. The molecule has 1 unspecified atom stereocenters. The topological polar surface area (TPSA) is 88.8 Å². The summed E-state index contributed by atoms with van der Waals surface area (Å²) >= 11 is 2.60. The van der Waals surface area contributed by atoms with Gasteiger partial charge in [-0.1, -0.05) is 42.1 Å². The van der Waals surface area contributed by atoms with Gasteiger partial charge in [-0.15, -0.1) is 11.3 Å². The third-order valence-electron chi connectivity index (χ3n) is 3.13. The quantitative estimate of drug-likeness (QED) is 0.568. The molecule has 2 aromatic heterocycles. The third-order valence-corrected chi connectivity index (χ3v) is 5.21. The smallest absolute Gasteiger partial charge is 0.260 e. The Labute approximate surface area is 134 Å². The van der Waals surface area contributed by atoms with Crippen LogP contribution in [0.25, 0.3) is 20.7 Å². The Morgan fingerprint density at radius 1 is 1.36 bits per heavy atom. The molecule has 1 aromatic carbocycles. The molecular weight excluding hydrogens is 318 g/mol. The van der Waals surface area contributed by atoms with E-state index in [2.05, 4.69) is 9.97 Å². The highest BCUT2D eigenvalue weighted by molar-refractivity contribution is 8.00. The minimum atomic E-state index is -0.450. The average Bonchev–Trinajstić information content (AvgIpc) is 2.92. The van der Waals surface area contributed by atoms with Crippen LogP contribution in [0.3, 0.4) is 0 Å². The lowest BCUT2D eigenvalue weighted by Crippen LogP contribution is -2.23. The molecule has 2 heterocycles. The standard InChI is InChI=1S/C15H13N3O2S2/c1-8(12(16)19)21-15-17-13(20)10-7-11(22-14(10)18-15)9-5-3-2-4-6-9/h2-8H,1H3,(H2,16,19)(H,17,18,20). The number of fused-ring (bicyclic) bond motifs is 1. The fraction of sp³-hybridized carbons (Fsp3) is 0.133. The molecule has 5 nitrogen and oxygen atoms in total. The van der Waals surface area contributed by atoms with Crippen molar-refractivity contribution in [3.63, 3.8) is 0 Å². The highest BCUT2D eigenvalue weighted by Crippen LogP contribution is 2.31. The summed E-state index contributed by atoms with van der Waals surface area (Å²) < 4.78 is 0. The molecule has 7 heteroatoms. The van der Waals surface area contributed by atoms with E-state index < -0.39 is 11.2 Å². The maximum Gasteiger partial charge on any atom is 0.260 e. The molecule has 3 rings (SSSR count). The predicted octanol–water partition coefficient (Wildman–Crippen LogP) is 2.62. The van der Waals surface area contributed by atoms with Gasteiger partial charge in [0.2, 0.25) is 5.91 Å². The number of H-pyrrole nitrogens is 1. The number of hydrogen-bond donors (Lipinski definition) is 2. The Morgan fingerprint density at radius 3 is 2.77 bits per heavy atom. The number of thiophene rings is 1. The summed E-state index contributed by atoms with van der Waals surface area (Å²) in [5, 5.41) is 0.513. The van der Waals surface area contributed by atoms with Crippen LogP contribution in [-0.4, -0.2) is 21.1 Å². The Kier molecular flexibility index (Phi) is 4.00. The van der Waals surface area contributed by atoms with Crippen LogP contribution >= 0.6 is 23.1 Å². The van der Waals surface area contributed by atoms with Crippen LogP contribution in [0.2, 0.25) is 0 Å². The van der Waals surface area contributed by atoms with E-state index in [4.69, 9.17) is 5.73 Å². The molecule has 0 saturated carbocycles. The molecule has 0 aliphatic heterocycles. The number of carbonyl (C=O) groups excluding carboxylic acids is 1. The summed E-state index contributed by atoms with van der Waals surface area (Å²) in [6, 6.07) is 11.7. The van der Waals surface area contributed by atoms with Crippen molar-refractivity contribution < 1.29 is 4.79 Å². The van der Waals surface area contributed by atoms with Crippen molar-refractivity contribution >= 4 is 39.2 Å². The van der Waals surface area contributed by atoms with Crippen LogP contribution in [-0.2, 0) is 4.79 Å². The summed E-state index contributed by atoms with van der Waals surface area (Å²) in [4.78, 5) is 32.1. The molecule has 112 valence electrons. The molecule has 0 radical (unpaired) electrons. The van der Waals surface area contributed by atoms with Crippen molar-refractivity contribution in [3.8, 4) is 10.4 Å². The summed E-state index contributed by atoms with van der Waals surface area (Å²) in [5.74, 6) is -0.441. The molecule has 1 atom stereocenters. The van der Waals surface area contributed by atoms with Gasteiger partial charge in [0.1, 0.15) is 4.83 Å². The van der Waals surface area contributed by atoms with Crippen LogP contribution in [0, 0.1) is 0 Å². The van der Waals surface area contributed by atoms with Gasteiger partial charge in [0.15, 0.2) is 5.16 Å². The summed E-state index contributed by atoms with van der Waals surface area (Å²) in [6.45, 7) is 1.68. The molecule has 1 amide bonds. The Hall–Kier alpha value is -2.12. The van der Waals surface area contributed by atoms with Crippen LogP contribution in [0.15, 0.2) is 46.3 Å². The van der Waals surface area contributed by atoms with Gasteiger partial charge < -0.3 is 10.7 Å². The number of carbonyl (C=O) groups is 1. The number of nitrogens with two attached hydrogens (primary N) is 1. The number of rotatable bonds is 4. The van der Waals surface area contributed by atoms with E-state index in [9.17, 15) is 9.59 Å². The van der Waals surface area contributed by atoms with Crippen molar-refractivity contribution in [1.29, 1.82) is 0 Å². The molecule has 0 aliphatic carbocycles. The monoisotopic (exact) mass is 331 g/mol. The lowest BCUT2D eigenvalue weighted by molar-refractivity contribution is -0.117. The molecule has 0 spiro atoms. The van der Waals surface area contributed by atoms with Gasteiger partial charge in [0.25, 0.3) is 5.56 Å². The second kappa shape index (κ2) is 5.94. The van der Waals surface area contributed by atoms with Crippen molar-refractivity contribution in [2.75, 3.05) is 0 Å². The van der Waals surface area contributed by atoms with Gasteiger partial charge in [-0.3, -0.25) is 9.59 Å². The van der Waals surface area contributed by atoms with Crippen LogP contribution in [0.1, 0.15) is 6.92 Å². The number of nitrogens with zero attached hydrogens (tertiary/aromatic N) is 1. The second-order valence-electron chi connectivity index (χ2n) is 4.73. The molecule has 0 aliphatic rings. The normalized spacial score (nSPS) is 12.4. The van der Waals surface area contributed by atoms with Crippen LogP contribution in [0.5, 0.6) is 0 Å². The zero-order valence-electron chi connectivity index (χ0n) is 11.7. The molecular formula is C15H13N3O2S2. The lowest BCUT2D eigenvalue weighted by Gasteiger charge is -2.05. The van der Waals surface area contributed by atoms with Crippen molar-refractivity contribution in [3.05, 3.63) is 46.8 Å². The van der Waals surface area contributed by atoms with E-state index in [1.165, 1.54) is 11.3 Å². The van der Waals surface area contributed by atoms with Gasteiger partial charge in [-0.05, 0) is 18.6 Å². The van der Waals surface area contributed by atoms with Crippen LogP contribution < -0.4 is 11.3 Å². The minimum absolute atomic E-state index is 0.206. The maximum absolute atomic E-state index is 12.2. The zero-order valence-corrected chi connectivity index (χ0v) is 13.3. The third kappa shape index (κ3) is 2.90. The van der Waals surface area contributed by atoms with Gasteiger partial charge in [0, 0.05) is 4.88 Å². The van der Waals surface area contributed by atoms with Gasteiger partial charge in [-0.2, -0.15) is 0 Å². The molecule has 0 saturated heterocycles. The first kappa shape index (κ1) is 14.8. The van der Waals surface area contributed by atoms with E-state index in [1.807, 2.05) is 36.4 Å². The van der Waals surface area contributed by atoms with Crippen molar-refractivity contribution in [1.82, 2.24) is 9.97 Å². The molecule has 0 fully saturated rings. The van der Waals surface area contributed by atoms with Gasteiger partial charge in [0.05, 0.1) is 10.6 Å². The predicted molar refractivity (Wildman–Crippen MR) is 90.2 cm³/mol. The summed E-state index contributed by atoms with van der Waals surface area (Å²) in [5.41, 5.74) is 6.08. The van der Waals surface area contributed by atoms with E-state index >= 15 is 0 Å². The molecule has 22 heavy (non-hydrogen) atoms. The maximum atomic E-state index is 12.2. The van der Waals surface area contributed by atoms with Crippen molar-refractivity contribution in [2.24, 2.45) is 5.73 Å². The first-order valence-corrected chi connectivity index (χ1v) is 8.29. The summed E-state index contributed by atoms with van der Waals surface area (Å²) in [6.07, 6.45) is 0. The number of nitrogens with one attached hydrogen (secondary N) is 1. The number of thioether (sulfide) groups is 1. The Balaban J connectivity index is 2.04. The first-order chi connectivity index (χ1) is 10.5. The van der Waals surface area contributed by atoms with Crippen LogP contribution in [0.4, 0.5) is 0 Å². The average molecular weight is 331 g/mol. The highest BCUT2D eigenvalue weighted by atomic mass is 32.2. The molecule has 3 aromatic rings. The highest BCUT2D eigenvalue weighted by Gasteiger charge is 2.15. The number of benzene rings is 1. The fourth-order valence-corrected chi connectivity index (χ4v) is 3.78. The second-order valence-corrected chi connectivity index (χ2v) is 7.09. The molecule has 3 N–H and O–H groups in total. The Bertz CT molecular complexity index is 887. The number of aromatic nitrogens is 2. The summed E-state index contributed by atoms with van der Waals surface area (Å²) in [7, 11) is 0. The first-order valence-electron chi connectivity index (χ1n) is 6.60. The van der Waals surface area contributed by atoms with E-state index in [-0.39, 0.29) is 5.56 Å². The Morgan fingerprint density at radius 2 is 2.09 bits per heavy atom. The zero-order chi connectivity index (χ0) is 15.7. The van der Waals surface area contributed by atoms with E-state index in [1.54, 1.807) is 6.92 Å². The number of hydrogen-bond acceptors (Lipinski definition) is 5. The van der Waals surface area contributed by atoms with E-state index in [0.717, 1.165) is 22.2 Å². The van der Waals surface area contributed by atoms with Gasteiger partial charge in [-0.25, -0.2) is 4.98 Å². The number of primary amides is 1.